The van der Waals surface area contributed by atoms with Crippen LogP contribution in [0.3, 0.4) is 0 Å². The summed E-state index contributed by atoms with van der Waals surface area (Å²) in [5.74, 6) is -0.696. The van der Waals surface area contributed by atoms with Crippen LogP contribution in [-0.4, -0.2) is 57.9 Å². The molecular formula is C22H24FN3O7S. The van der Waals surface area contributed by atoms with Crippen molar-refractivity contribution >= 4 is 33.4 Å². The maximum absolute atomic E-state index is 13.4. The van der Waals surface area contributed by atoms with E-state index in [2.05, 4.69) is 10.6 Å². The Bertz CT molecular complexity index is 1180. The van der Waals surface area contributed by atoms with Crippen molar-refractivity contribution in [2.24, 2.45) is 5.92 Å². The van der Waals surface area contributed by atoms with Crippen LogP contribution in [0.2, 0.25) is 0 Å². The number of nitrogens with zero attached hydrogens (tertiary/aromatic N) is 1. The molecule has 1 unspecified atom stereocenters. The lowest BCUT2D eigenvalue weighted by atomic mass is 9.81. The summed E-state index contributed by atoms with van der Waals surface area (Å²) in [6.45, 7) is -0.0775. The summed E-state index contributed by atoms with van der Waals surface area (Å²) in [4.78, 5) is 23.3. The Morgan fingerprint density at radius 2 is 1.91 bits per heavy atom. The van der Waals surface area contributed by atoms with Gasteiger partial charge in [-0.25, -0.2) is 17.6 Å². The van der Waals surface area contributed by atoms with Crippen molar-refractivity contribution in [3.63, 3.8) is 0 Å². The normalized spacial score (nSPS) is 21.6. The van der Waals surface area contributed by atoms with Crippen molar-refractivity contribution in [1.29, 1.82) is 0 Å². The number of ether oxygens (including phenoxy) is 2. The minimum Gasteiger partial charge on any atom is -0.484 e. The first-order valence-corrected chi connectivity index (χ1v) is 12.0. The van der Waals surface area contributed by atoms with E-state index in [1.807, 2.05) is 0 Å². The number of hydrogen-bond acceptors (Lipinski definition) is 6. The second kappa shape index (κ2) is 9.47. The Balaban J connectivity index is 1.58. The number of carbonyl (C=O) groups excluding carboxylic acids is 1. The molecule has 2 aromatic rings. The number of nitrogens with one attached hydrogen (secondary N) is 2. The van der Waals surface area contributed by atoms with Gasteiger partial charge in [-0.3, -0.25) is 14.4 Å². The van der Waals surface area contributed by atoms with Crippen molar-refractivity contribution in [1.82, 2.24) is 5.32 Å². The molecule has 1 aliphatic heterocycles. The number of sulfonamides is 1. The van der Waals surface area contributed by atoms with Crippen molar-refractivity contribution in [2.75, 3.05) is 29.8 Å². The van der Waals surface area contributed by atoms with Crippen LogP contribution in [0.4, 0.5) is 20.6 Å². The Morgan fingerprint density at radius 1 is 1.21 bits per heavy atom. The molecule has 0 radical (unpaired) electrons. The van der Waals surface area contributed by atoms with Gasteiger partial charge in [0.15, 0.2) is 0 Å². The highest BCUT2D eigenvalue weighted by Crippen LogP contribution is 2.39. The maximum atomic E-state index is 13.4. The molecule has 1 saturated carbocycles. The predicted octanol–water partition coefficient (Wildman–Crippen LogP) is 2.41. The van der Waals surface area contributed by atoms with Crippen LogP contribution in [0.25, 0.3) is 0 Å². The molecule has 12 heteroatoms. The van der Waals surface area contributed by atoms with Gasteiger partial charge in [0.25, 0.3) is 10.0 Å². The fourth-order valence-electron chi connectivity index (χ4n) is 3.91. The molecule has 0 saturated heterocycles. The second-order valence-electron chi connectivity index (χ2n) is 8.11. The lowest BCUT2D eigenvalue weighted by molar-refractivity contribution is -0.132. The molecule has 2 aromatic carbocycles. The third-order valence-electron chi connectivity index (χ3n) is 5.85. The minimum absolute atomic E-state index is 0.0665. The van der Waals surface area contributed by atoms with E-state index >= 15 is 0 Å². The van der Waals surface area contributed by atoms with E-state index in [-0.39, 0.29) is 53.0 Å². The molecule has 10 nitrogen and oxygen atoms in total. The van der Waals surface area contributed by atoms with Gasteiger partial charge >= 0.3 is 6.09 Å². The molecule has 2 aliphatic rings. The van der Waals surface area contributed by atoms with Gasteiger partial charge in [0.1, 0.15) is 17.7 Å². The fourth-order valence-corrected chi connectivity index (χ4v) is 5.41. The Morgan fingerprint density at radius 3 is 2.56 bits per heavy atom. The number of benzene rings is 2. The van der Waals surface area contributed by atoms with Gasteiger partial charge in [0, 0.05) is 18.7 Å². The third kappa shape index (κ3) is 4.92. The van der Waals surface area contributed by atoms with E-state index in [9.17, 15) is 22.4 Å². The molecule has 1 fully saturated rings. The highest BCUT2D eigenvalue weighted by Gasteiger charge is 2.37. The van der Waals surface area contributed by atoms with Gasteiger partial charge in [-0.15, -0.1) is 0 Å². The molecule has 1 atom stereocenters. The molecule has 1 aliphatic carbocycles. The van der Waals surface area contributed by atoms with Crippen molar-refractivity contribution in [3.05, 3.63) is 48.3 Å². The number of fused-ring (bicyclic) bond motifs is 1. The molecule has 3 N–H and O–H groups in total. The standard InChI is InChI=1S/C22H24FN3O7S/c1-32-16-8-13(9-16)21(27)24-11-17-12-26(34(30,31)18-5-2-14(23)3-6-18)19-10-15(25-22(28)29)4-7-20(19)33-17/h2-7,10,13,16-17,25H,8-9,11-12H2,1H3,(H,24,27)(H,28,29). The summed E-state index contributed by atoms with van der Waals surface area (Å²) in [5.41, 5.74) is 0.277. The summed E-state index contributed by atoms with van der Waals surface area (Å²) in [5, 5.41) is 14.0. The number of anilines is 2. The van der Waals surface area contributed by atoms with Crippen molar-refractivity contribution in [3.8, 4) is 5.75 Å². The number of hydrogen-bond donors (Lipinski definition) is 3. The van der Waals surface area contributed by atoms with Gasteiger partial charge in [-0.2, -0.15) is 0 Å². The van der Waals surface area contributed by atoms with E-state index < -0.39 is 28.0 Å². The van der Waals surface area contributed by atoms with Gasteiger partial charge in [0.05, 0.1) is 29.8 Å². The molecule has 0 aromatic heterocycles. The average Bonchev–Trinajstić information content (AvgIpc) is 2.76. The van der Waals surface area contributed by atoms with E-state index in [0.29, 0.717) is 12.8 Å². The third-order valence-corrected chi connectivity index (χ3v) is 7.64. The van der Waals surface area contributed by atoms with Crippen LogP contribution in [0.1, 0.15) is 12.8 Å². The van der Waals surface area contributed by atoms with Gasteiger partial charge in [-0.1, -0.05) is 0 Å². The summed E-state index contributed by atoms with van der Waals surface area (Å²) in [7, 11) is -2.55. The van der Waals surface area contributed by atoms with E-state index in [1.165, 1.54) is 18.2 Å². The zero-order valence-electron chi connectivity index (χ0n) is 18.2. The quantitative estimate of drug-likeness (QED) is 0.539. The van der Waals surface area contributed by atoms with Gasteiger partial charge in [0.2, 0.25) is 5.91 Å². The van der Waals surface area contributed by atoms with Crippen LogP contribution in [0.15, 0.2) is 47.4 Å². The predicted molar refractivity (Wildman–Crippen MR) is 120 cm³/mol. The highest BCUT2D eigenvalue weighted by molar-refractivity contribution is 7.92. The zero-order valence-corrected chi connectivity index (χ0v) is 19.0. The molecule has 0 bridgehead atoms. The largest absolute Gasteiger partial charge is 0.484 e. The molecule has 182 valence electrons. The summed E-state index contributed by atoms with van der Waals surface area (Å²) in [6, 6.07) is 8.63. The molecule has 4 rings (SSSR count). The van der Waals surface area contributed by atoms with Crippen molar-refractivity contribution in [2.45, 2.75) is 29.9 Å². The van der Waals surface area contributed by atoms with E-state index in [0.717, 1.165) is 28.6 Å². The van der Waals surface area contributed by atoms with Crippen LogP contribution in [0.5, 0.6) is 5.75 Å². The van der Waals surface area contributed by atoms with Gasteiger partial charge in [-0.05, 0) is 55.3 Å². The number of carboxylic acid groups (broad SMARTS) is 1. The van der Waals surface area contributed by atoms with Crippen LogP contribution < -0.4 is 19.7 Å². The minimum atomic E-state index is -4.15. The number of methoxy groups -OCH3 is 1. The smallest absolute Gasteiger partial charge is 0.409 e. The van der Waals surface area contributed by atoms with Gasteiger partial charge < -0.3 is 19.9 Å². The van der Waals surface area contributed by atoms with Crippen molar-refractivity contribution < 1.29 is 37.0 Å². The summed E-state index contributed by atoms with van der Waals surface area (Å²) < 4.78 is 52.4. The first-order valence-electron chi connectivity index (χ1n) is 10.6. The topological polar surface area (TPSA) is 134 Å². The Hall–Kier alpha value is -3.38. The highest BCUT2D eigenvalue weighted by atomic mass is 32.2. The van der Waals surface area contributed by atoms with E-state index in [4.69, 9.17) is 14.6 Å². The molecule has 0 spiro atoms. The summed E-state index contributed by atoms with van der Waals surface area (Å²) in [6.07, 6.45) is -0.693. The Labute approximate surface area is 195 Å². The molecule has 1 heterocycles. The number of halogens is 1. The van der Waals surface area contributed by atoms with Crippen LogP contribution in [0, 0.1) is 11.7 Å². The van der Waals surface area contributed by atoms with Crippen LogP contribution in [-0.2, 0) is 19.6 Å². The lowest BCUT2D eigenvalue weighted by Gasteiger charge is -2.37. The zero-order chi connectivity index (χ0) is 24.5. The van der Waals surface area contributed by atoms with Crippen LogP contribution >= 0.6 is 0 Å². The number of amides is 2. The maximum Gasteiger partial charge on any atom is 0.409 e. The van der Waals surface area contributed by atoms with E-state index in [1.54, 1.807) is 7.11 Å². The monoisotopic (exact) mass is 493 g/mol. The SMILES string of the molecule is COC1CC(C(=O)NCC2CN(S(=O)(=O)c3ccc(F)cc3)c3cc(NC(=O)O)ccc3O2)C1. The average molecular weight is 494 g/mol. The lowest BCUT2D eigenvalue weighted by Crippen LogP contribution is -2.50. The molecule has 34 heavy (non-hydrogen) atoms. The first-order chi connectivity index (χ1) is 16.2. The first kappa shape index (κ1) is 23.8. The fraction of sp³-hybridized carbons (Fsp3) is 0.364. The molecule has 2 amide bonds. The molecular weight excluding hydrogens is 469 g/mol. The summed E-state index contributed by atoms with van der Waals surface area (Å²) >= 11 is 0. The second-order valence-corrected chi connectivity index (χ2v) is 9.98. The Kier molecular flexibility index (Phi) is 6.62. The number of rotatable bonds is 7. The number of carbonyl (C=O) groups is 2.